The quantitative estimate of drug-likeness (QED) is 0.896. The Morgan fingerprint density at radius 1 is 1.55 bits per heavy atom. The fourth-order valence-electron chi connectivity index (χ4n) is 2.42. The second-order valence-electron chi connectivity index (χ2n) is 5.30. The molecule has 4 nitrogen and oxygen atoms in total. The number of carbonyl (C=O) groups is 1. The minimum Gasteiger partial charge on any atom is -0.483 e. The molecule has 1 saturated heterocycles. The first-order valence-corrected chi connectivity index (χ1v) is 7.34. The second kappa shape index (κ2) is 6.95. The maximum Gasteiger partial charge on any atom is 0.258 e. The van der Waals surface area contributed by atoms with Crippen molar-refractivity contribution in [3.63, 3.8) is 0 Å². The molecule has 0 aliphatic carbocycles. The van der Waals surface area contributed by atoms with Crippen LogP contribution in [0.5, 0.6) is 5.75 Å². The van der Waals surface area contributed by atoms with Gasteiger partial charge in [-0.1, -0.05) is 17.7 Å². The zero-order chi connectivity index (χ0) is 14.5. The predicted octanol–water partition coefficient (Wildman–Crippen LogP) is 2.28. The Hall–Kier alpha value is -1.26. The molecule has 1 heterocycles. The highest BCUT2D eigenvalue weighted by molar-refractivity contribution is 6.31. The molecule has 2 N–H and O–H groups in total. The summed E-state index contributed by atoms with van der Waals surface area (Å²) in [5.41, 5.74) is 0.859. The standard InChI is InChI=1S/C15H21ClN2O2/c1-10-8-12(6-7-17-10)18-15(19)9-20-14-5-3-4-13(16)11(14)2/h3-5,10,12,17H,6-9H2,1-2H3,(H,18,19). The summed E-state index contributed by atoms with van der Waals surface area (Å²) >= 11 is 6.01. The van der Waals surface area contributed by atoms with Crippen molar-refractivity contribution in [2.24, 2.45) is 0 Å². The van der Waals surface area contributed by atoms with Gasteiger partial charge in [-0.3, -0.25) is 4.79 Å². The van der Waals surface area contributed by atoms with Crippen LogP contribution < -0.4 is 15.4 Å². The van der Waals surface area contributed by atoms with Gasteiger partial charge in [0, 0.05) is 22.7 Å². The topological polar surface area (TPSA) is 50.4 Å². The predicted molar refractivity (Wildman–Crippen MR) is 80.3 cm³/mol. The van der Waals surface area contributed by atoms with Gasteiger partial charge in [-0.15, -0.1) is 0 Å². The molecular weight excluding hydrogens is 276 g/mol. The van der Waals surface area contributed by atoms with Crippen LogP contribution in [0.1, 0.15) is 25.3 Å². The van der Waals surface area contributed by atoms with Gasteiger partial charge in [0.05, 0.1) is 0 Å². The van der Waals surface area contributed by atoms with Gasteiger partial charge < -0.3 is 15.4 Å². The van der Waals surface area contributed by atoms with E-state index in [1.54, 1.807) is 6.07 Å². The van der Waals surface area contributed by atoms with Crippen LogP contribution >= 0.6 is 11.6 Å². The molecule has 5 heteroatoms. The molecule has 2 rings (SSSR count). The number of amides is 1. The summed E-state index contributed by atoms with van der Waals surface area (Å²) < 4.78 is 5.54. The van der Waals surface area contributed by atoms with E-state index in [1.165, 1.54) is 0 Å². The number of piperidine rings is 1. The first kappa shape index (κ1) is 15.1. The van der Waals surface area contributed by atoms with Crippen molar-refractivity contribution < 1.29 is 9.53 Å². The fraction of sp³-hybridized carbons (Fsp3) is 0.533. The molecule has 1 aromatic carbocycles. The average Bonchev–Trinajstić information content (AvgIpc) is 2.40. The average molecular weight is 297 g/mol. The van der Waals surface area contributed by atoms with E-state index in [0.29, 0.717) is 16.8 Å². The van der Waals surface area contributed by atoms with Crippen molar-refractivity contribution in [3.8, 4) is 5.75 Å². The zero-order valence-electron chi connectivity index (χ0n) is 11.9. The van der Waals surface area contributed by atoms with E-state index in [0.717, 1.165) is 24.9 Å². The third-order valence-electron chi connectivity index (χ3n) is 3.57. The summed E-state index contributed by atoms with van der Waals surface area (Å²) in [6, 6.07) is 6.13. The molecule has 0 bridgehead atoms. The number of carbonyl (C=O) groups excluding carboxylic acids is 1. The minimum absolute atomic E-state index is 0.0273. The summed E-state index contributed by atoms with van der Waals surface area (Å²) in [6.07, 6.45) is 1.92. The highest BCUT2D eigenvalue weighted by Gasteiger charge is 2.20. The molecule has 20 heavy (non-hydrogen) atoms. The number of hydrogen-bond donors (Lipinski definition) is 2. The van der Waals surface area contributed by atoms with Gasteiger partial charge in [-0.2, -0.15) is 0 Å². The van der Waals surface area contributed by atoms with E-state index in [-0.39, 0.29) is 18.6 Å². The number of hydrogen-bond acceptors (Lipinski definition) is 3. The molecule has 2 atom stereocenters. The molecule has 1 aromatic rings. The normalized spacial score (nSPS) is 22.4. The van der Waals surface area contributed by atoms with Crippen molar-refractivity contribution in [2.45, 2.75) is 38.8 Å². The lowest BCUT2D eigenvalue weighted by Gasteiger charge is -2.28. The summed E-state index contributed by atoms with van der Waals surface area (Å²) in [4.78, 5) is 11.9. The third-order valence-corrected chi connectivity index (χ3v) is 3.98. The van der Waals surface area contributed by atoms with E-state index in [9.17, 15) is 4.79 Å². The van der Waals surface area contributed by atoms with Crippen LogP contribution in [0.15, 0.2) is 18.2 Å². The fourth-order valence-corrected chi connectivity index (χ4v) is 2.59. The Kier molecular flexibility index (Phi) is 5.26. The van der Waals surface area contributed by atoms with Crippen LogP contribution in [0.2, 0.25) is 5.02 Å². The Labute approximate surface area is 124 Å². The second-order valence-corrected chi connectivity index (χ2v) is 5.70. The van der Waals surface area contributed by atoms with Crippen molar-refractivity contribution in [1.29, 1.82) is 0 Å². The molecule has 1 aliphatic heterocycles. The molecular formula is C15H21ClN2O2. The van der Waals surface area contributed by atoms with Crippen LogP contribution in [0.3, 0.4) is 0 Å². The summed E-state index contributed by atoms with van der Waals surface area (Å²) in [6.45, 7) is 4.98. The number of ether oxygens (including phenoxy) is 1. The van der Waals surface area contributed by atoms with Gasteiger partial charge >= 0.3 is 0 Å². The summed E-state index contributed by atoms with van der Waals surface area (Å²) in [5, 5.41) is 7.02. The van der Waals surface area contributed by atoms with Crippen molar-refractivity contribution >= 4 is 17.5 Å². The molecule has 1 aliphatic rings. The molecule has 0 spiro atoms. The molecule has 110 valence electrons. The van der Waals surface area contributed by atoms with Crippen molar-refractivity contribution in [3.05, 3.63) is 28.8 Å². The smallest absolute Gasteiger partial charge is 0.258 e. The number of nitrogens with one attached hydrogen (secondary N) is 2. The minimum atomic E-state index is -0.0801. The molecule has 0 aromatic heterocycles. The van der Waals surface area contributed by atoms with Gasteiger partial charge in [0.2, 0.25) is 0 Å². The molecule has 0 saturated carbocycles. The van der Waals surface area contributed by atoms with E-state index in [2.05, 4.69) is 17.6 Å². The van der Waals surface area contributed by atoms with Crippen molar-refractivity contribution in [2.75, 3.05) is 13.2 Å². The Morgan fingerprint density at radius 2 is 2.35 bits per heavy atom. The number of halogens is 1. The lowest BCUT2D eigenvalue weighted by Crippen LogP contribution is -2.47. The van der Waals surface area contributed by atoms with Crippen molar-refractivity contribution in [1.82, 2.24) is 10.6 Å². The van der Waals surface area contributed by atoms with Crippen LogP contribution in [0.4, 0.5) is 0 Å². The van der Waals surface area contributed by atoms with Gasteiger partial charge in [-0.05, 0) is 45.4 Å². The monoisotopic (exact) mass is 296 g/mol. The Morgan fingerprint density at radius 3 is 3.10 bits per heavy atom. The van der Waals surface area contributed by atoms with Crippen LogP contribution in [-0.2, 0) is 4.79 Å². The summed E-state index contributed by atoms with van der Waals surface area (Å²) in [5.74, 6) is 0.579. The number of benzene rings is 1. The zero-order valence-corrected chi connectivity index (χ0v) is 12.7. The molecule has 1 fully saturated rings. The highest BCUT2D eigenvalue weighted by Crippen LogP contribution is 2.24. The Balaban J connectivity index is 1.81. The SMILES string of the molecule is Cc1c(Cl)cccc1OCC(=O)NC1CCNC(C)C1. The lowest BCUT2D eigenvalue weighted by molar-refractivity contribution is -0.124. The van der Waals surface area contributed by atoms with E-state index < -0.39 is 0 Å². The van der Waals surface area contributed by atoms with Gasteiger partial charge in [0.15, 0.2) is 6.61 Å². The van der Waals surface area contributed by atoms with Gasteiger partial charge in [-0.25, -0.2) is 0 Å². The maximum absolute atomic E-state index is 11.9. The van der Waals surface area contributed by atoms with Gasteiger partial charge in [0.25, 0.3) is 5.91 Å². The molecule has 2 unspecified atom stereocenters. The molecule has 0 radical (unpaired) electrons. The van der Waals surface area contributed by atoms with E-state index in [1.807, 2.05) is 19.1 Å². The lowest BCUT2D eigenvalue weighted by atomic mass is 10.0. The third kappa shape index (κ3) is 4.12. The Bertz CT molecular complexity index is 479. The van der Waals surface area contributed by atoms with Crippen LogP contribution in [0.25, 0.3) is 0 Å². The molecule has 1 amide bonds. The van der Waals surface area contributed by atoms with Crippen LogP contribution in [0, 0.1) is 6.92 Å². The highest BCUT2D eigenvalue weighted by atomic mass is 35.5. The van der Waals surface area contributed by atoms with E-state index >= 15 is 0 Å². The van der Waals surface area contributed by atoms with Gasteiger partial charge in [0.1, 0.15) is 5.75 Å². The largest absolute Gasteiger partial charge is 0.483 e. The van der Waals surface area contributed by atoms with E-state index in [4.69, 9.17) is 16.3 Å². The summed E-state index contributed by atoms with van der Waals surface area (Å²) in [7, 11) is 0. The van der Waals surface area contributed by atoms with Crippen LogP contribution in [-0.4, -0.2) is 31.1 Å². The number of rotatable bonds is 4. The maximum atomic E-state index is 11.9. The first-order valence-electron chi connectivity index (χ1n) is 6.97. The first-order chi connectivity index (χ1) is 9.56.